The summed E-state index contributed by atoms with van der Waals surface area (Å²) in [5.41, 5.74) is 3.97. The average Bonchev–Trinajstić information content (AvgIpc) is 3.18. The molecule has 2 aliphatic rings. The summed E-state index contributed by atoms with van der Waals surface area (Å²) in [6.45, 7) is 7.25. The number of benzene rings is 3. The number of ether oxygens (including phenoxy) is 2. The smallest absolute Gasteiger partial charge is 0.300 e. The number of rotatable bonds is 6. The molecule has 6 heteroatoms. The van der Waals surface area contributed by atoms with Crippen LogP contribution in [0.3, 0.4) is 0 Å². The van der Waals surface area contributed by atoms with E-state index in [1.165, 1.54) is 4.90 Å². The Kier molecular flexibility index (Phi) is 6.74. The zero-order valence-electron chi connectivity index (χ0n) is 21.4. The molecule has 6 nitrogen and oxygen atoms in total. The summed E-state index contributed by atoms with van der Waals surface area (Å²) >= 11 is 0. The minimum atomic E-state index is -0.787. The predicted octanol–water partition coefficient (Wildman–Crippen LogP) is 6.16. The van der Waals surface area contributed by atoms with Gasteiger partial charge in [0.2, 0.25) is 0 Å². The number of ketones is 1. The second-order valence-electron chi connectivity index (χ2n) is 9.70. The lowest BCUT2D eigenvalue weighted by Gasteiger charge is -2.26. The standard InChI is InChI=1S/C31H31NO5/c1-4-36-25-9-5-8-24(18-25)32-28(21-12-10-20(11-13-21)19(2)3)27(30(34)31(32)35)29(33)23-14-15-26-22(17-23)7-6-16-37-26/h5,8-15,17-19,28,33H,4,6-7,16H2,1-3H3/b29-27-. The van der Waals surface area contributed by atoms with Crippen molar-refractivity contribution >= 4 is 23.1 Å². The molecule has 0 aromatic heterocycles. The third kappa shape index (κ3) is 4.59. The molecule has 2 heterocycles. The number of aliphatic hydroxyl groups is 1. The predicted molar refractivity (Wildman–Crippen MR) is 143 cm³/mol. The zero-order valence-corrected chi connectivity index (χ0v) is 21.4. The highest BCUT2D eigenvalue weighted by Gasteiger charge is 2.47. The van der Waals surface area contributed by atoms with Gasteiger partial charge in [-0.1, -0.05) is 44.2 Å². The molecule has 3 aromatic rings. The first kappa shape index (κ1) is 24.6. The minimum Gasteiger partial charge on any atom is -0.507 e. The molecule has 0 radical (unpaired) electrons. The number of nitrogens with zero attached hydrogens (tertiary/aromatic N) is 1. The lowest BCUT2D eigenvalue weighted by atomic mass is 9.92. The maximum atomic E-state index is 13.5. The third-order valence-corrected chi connectivity index (χ3v) is 6.95. The summed E-state index contributed by atoms with van der Waals surface area (Å²) in [6, 6.07) is 19.6. The lowest BCUT2D eigenvalue weighted by molar-refractivity contribution is -0.132. The number of carbonyl (C=O) groups is 2. The molecule has 1 amide bonds. The molecule has 2 aliphatic heterocycles. The van der Waals surface area contributed by atoms with Crippen LogP contribution in [0.15, 0.2) is 72.3 Å². The fraction of sp³-hybridized carbons (Fsp3) is 0.290. The Morgan fingerprint density at radius 1 is 1.08 bits per heavy atom. The monoisotopic (exact) mass is 497 g/mol. The van der Waals surface area contributed by atoms with Crippen LogP contribution in [0.2, 0.25) is 0 Å². The van der Waals surface area contributed by atoms with Crippen LogP contribution in [-0.2, 0) is 16.0 Å². The Balaban J connectivity index is 1.67. The van der Waals surface area contributed by atoms with Gasteiger partial charge in [-0.25, -0.2) is 0 Å². The molecule has 0 bridgehead atoms. The van der Waals surface area contributed by atoms with Gasteiger partial charge in [0.05, 0.1) is 24.8 Å². The maximum absolute atomic E-state index is 13.5. The van der Waals surface area contributed by atoms with Crippen molar-refractivity contribution in [3.05, 3.63) is 94.6 Å². The van der Waals surface area contributed by atoms with Crippen LogP contribution in [0.5, 0.6) is 11.5 Å². The molecule has 1 N–H and O–H groups in total. The van der Waals surface area contributed by atoms with Crippen LogP contribution >= 0.6 is 0 Å². The van der Waals surface area contributed by atoms with E-state index in [-0.39, 0.29) is 11.3 Å². The van der Waals surface area contributed by atoms with Gasteiger partial charge in [-0.15, -0.1) is 0 Å². The highest BCUT2D eigenvalue weighted by molar-refractivity contribution is 6.51. The Labute approximate surface area is 217 Å². The number of hydrogen-bond acceptors (Lipinski definition) is 5. The van der Waals surface area contributed by atoms with Gasteiger partial charge in [-0.05, 0) is 72.7 Å². The number of anilines is 1. The van der Waals surface area contributed by atoms with Crippen molar-refractivity contribution in [1.82, 2.24) is 0 Å². The summed E-state index contributed by atoms with van der Waals surface area (Å²) in [5.74, 6) is 0.136. The van der Waals surface area contributed by atoms with Crippen molar-refractivity contribution < 1.29 is 24.2 Å². The molecule has 1 saturated heterocycles. The Morgan fingerprint density at radius 3 is 2.59 bits per heavy atom. The summed E-state index contributed by atoms with van der Waals surface area (Å²) in [6.07, 6.45) is 1.72. The molecule has 0 spiro atoms. The molecule has 0 saturated carbocycles. The van der Waals surface area contributed by atoms with Gasteiger partial charge in [0.15, 0.2) is 0 Å². The highest BCUT2D eigenvalue weighted by Crippen LogP contribution is 2.43. The number of Topliss-reactive ketones (excluding diaryl/α,β-unsaturated/α-hetero) is 1. The second kappa shape index (κ2) is 10.1. The number of amides is 1. The van der Waals surface area contributed by atoms with E-state index < -0.39 is 17.7 Å². The van der Waals surface area contributed by atoms with Crippen molar-refractivity contribution in [2.75, 3.05) is 18.1 Å². The van der Waals surface area contributed by atoms with Gasteiger partial charge in [0.25, 0.3) is 11.7 Å². The second-order valence-corrected chi connectivity index (χ2v) is 9.70. The van der Waals surface area contributed by atoms with E-state index in [2.05, 4.69) is 13.8 Å². The normalized spacial score (nSPS) is 18.6. The van der Waals surface area contributed by atoms with Crippen LogP contribution in [0.4, 0.5) is 5.69 Å². The van der Waals surface area contributed by atoms with Crippen molar-refractivity contribution in [2.24, 2.45) is 0 Å². The molecule has 190 valence electrons. The van der Waals surface area contributed by atoms with Crippen molar-refractivity contribution in [2.45, 2.75) is 45.6 Å². The van der Waals surface area contributed by atoms with Gasteiger partial charge < -0.3 is 14.6 Å². The van der Waals surface area contributed by atoms with Crippen LogP contribution in [0.25, 0.3) is 5.76 Å². The Morgan fingerprint density at radius 2 is 1.86 bits per heavy atom. The van der Waals surface area contributed by atoms with Gasteiger partial charge in [-0.2, -0.15) is 0 Å². The van der Waals surface area contributed by atoms with Gasteiger partial charge in [-0.3, -0.25) is 14.5 Å². The maximum Gasteiger partial charge on any atom is 0.300 e. The highest BCUT2D eigenvalue weighted by atomic mass is 16.5. The molecular formula is C31H31NO5. The largest absolute Gasteiger partial charge is 0.507 e. The summed E-state index contributed by atoms with van der Waals surface area (Å²) in [4.78, 5) is 28.4. The van der Waals surface area contributed by atoms with E-state index in [1.807, 2.05) is 49.4 Å². The number of carbonyl (C=O) groups excluding carboxylic acids is 2. The molecule has 1 atom stereocenters. The molecule has 0 aliphatic carbocycles. The molecule has 1 fully saturated rings. The minimum absolute atomic E-state index is 0.0702. The van der Waals surface area contributed by atoms with E-state index >= 15 is 0 Å². The quantitative estimate of drug-likeness (QED) is 0.251. The van der Waals surface area contributed by atoms with Crippen molar-refractivity contribution in [3.8, 4) is 11.5 Å². The zero-order chi connectivity index (χ0) is 26.1. The number of fused-ring (bicyclic) bond motifs is 1. The SMILES string of the molecule is CCOc1cccc(N2C(=O)C(=O)/C(=C(\O)c3ccc4c(c3)CCCO4)C2c2ccc(C(C)C)cc2)c1. The third-order valence-electron chi connectivity index (χ3n) is 6.95. The van der Waals surface area contributed by atoms with Gasteiger partial charge >= 0.3 is 0 Å². The molecule has 37 heavy (non-hydrogen) atoms. The van der Waals surface area contributed by atoms with Crippen molar-refractivity contribution in [3.63, 3.8) is 0 Å². The van der Waals surface area contributed by atoms with Crippen LogP contribution in [0, 0.1) is 0 Å². The van der Waals surface area contributed by atoms with Crippen LogP contribution in [0.1, 0.15) is 61.4 Å². The van der Waals surface area contributed by atoms with E-state index in [0.29, 0.717) is 36.1 Å². The number of aliphatic hydroxyl groups excluding tert-OH is 1. The average molecular weight is 498 g/mol. The Hall–Kier alpha value is -4.06. The number of hydrogen-bond donors (Lipinski definition) is 1. The van der Waals surface area contributed by atoms with E-state index in [0.717, 1.165) is 35.3 Å². The molecule has 5 rings (SSSR count). The summed E-state index contributed by atoms with van der Waals surface area (Å²) in [7, 11) is 0. The fourth-order valence-electron chi connectivity index (χ4n) is 5.03. The first-order chi connectivity index (χ1) is 17.9. The summed E-state index contributed by atoms with van der Waals surface area (Å²) in [5, 5.41) is 11.5. The van der Waals surface area contributed by atoms with E-state index in [1.54, 1.807) is 24.3 Å². The first-order valence-electron chi connectivity index (χ1n) is 12.8. The Bertz CT molecular complexity index is 1370. The van der Waals surface area contributed by atoms with E-state index in [4.69, 9.17) is 9.47 Å². The van der Waals surface area contributed by atoms with Crippen LogP contribution < -0.4 is 14.4 Å². The van der Waals surface area contributed by atoms with Gasteiger partial charge in [0, 0.05) is 17.3 Å². The van der Waals surface area contributed by atoms with Gasteiger partial charge in [0.1, 0.15) is 17.3 Å². The van der Waals surface area contributed by atoms with Crippen molar-refractivity contribution in [1.29, 1.82) is 0 Å². The summed E-state index contributed by atoms with van der Waals surface area (Å²) < 4.78 is 11.4. The topological polar surface area (TPSA) is 76.1 Å². The molecule has 1 unspecified atom stereocenters. The van der Waals surface area contributed by atoms with Crippen LogP contribution in [-0.4, -0.2) is 30.0 Å². The lowest BCUT2D eigenvalue weighted by Crippen LogP contribution is -2.29. The fourth-order valence-corrected chi connectivity index (χ4v) is 5.03. The first-order valence-corrected chi connectivity index (χ1v) is 12.8. The molecular weight excluding hydrogens is 466 g/mol. The molecule has 3 aromatic carbocycles. The number of aryl methyl sites for hydroxylation is 1. The van der Waals surface area contributed by atoms with E-state index in [9.17, 15) is 14.7 Å².